The monoisotopic (exact) mass is 209 g/mol. The van der Waals surface area contributed by atoms with Gasteiger partial charge in [-0.2, -0.15) is 0 Å². The van der Waals surface area contributed by atoms with Gasteiger partial charge in [-0.1, -0.05) is 12.1 Å². The smallest absolute Gasteiger partial charge is 0.236 e. The molecule has 0 aliphatic carbocycles. The van der Waals surface area contributed by atoms with Crippen LogP contribution >= 0.6 is 10.7 Å². The number of hydrogen-bond acceptors (Lipinski definition) is 4. The molecular formula is C5H8ClN3O2S. The van der Waals surface area contributed by atoms with Gasteiger partial charge in [0.25, 0.3) is 9.05 Å². The highest BCUT2D eigenvalue weighted by atomic mass is 35.7. The maximum atomic E-state index is 11.0. The van der Waals surface area contributed by atoms with E-state index in [1.54, 1.807) is 6.92 Å². The van der Waals surface area contributed by atoms with E-state index in [2.05, 4.69) is 10.3 Å². The van der Waals surface area contributed by atoms with Crippen LogP contribution < -0.4 is 0 Å². The zero-order chi connectivity index (χ0) is 9.35. The second-order valence-electron chi connectivity index (χ2n) is 2.26. The molecule has 12 heavy (non-hydrogen) atoms. The van der Waals surface area contributed by atoms with Gasteiger partial charge >= 0.3 is 0 Å². The number of halogens is 1. The molecule has 0 unspecified atom stereocenters. The predicted molar refractivity (Wildman–Crippen MR) is 43.4 cm³/mol. The summed E-state index contributed by atoms with van der Waals surface area (Å²) in [6.45, 7) is 1.79. The van der Waals surface area contributed by atoms with Gasteiger partial charge < -0.3 is 0 Å². The summed E-state index contributed by atoms with van der Waals surface area (Å²) in [5.41, 5.74) is 0.396. The van der Waals surface area contributed by atoms with E-state index in [0.29, 0.717) is 12.1 Å². The molecular weight excluding hydrogens is 202 g/mol. The molecule has 0 aliphatic heterocycles. The number of aromatic nitrogens is 3. The highest BCUT2D eigenvalue weighted by Gasteiger charge is 2.21. The van der Waals surface area contributed by atoms with E-state index in [1.807, 2.05) is 0 Å². The molecule has 0 saturated carbocycles. The van der Waals surface area contributed by atoms with Gasteiger partial charge in [0.1, 0.15) is 5.69 Å². The summed E-state index contributed by atoms with van der Waals surface area (Å²) >= 11 is 0. The van der Waals surface area contributed by atoms with Crippen LogP contribution in [0.3, 0.4) is 0 Å². The van der Waals surface area contributed by atoms with Crippen molar-refractivity contribution in [3.05, 3.63) is 5.69 Å². The van der Waals surface area contributed by atoms with Gasteiger partial charge in [-0.3, -0.25) is 0 Å². The summed E-state index contributed by atoms with van der Waals surface area (Å²) < 4.78 is 23.1. The van der Waals surface area contributed by atoms with Crippen molar-refractivity contribution in [2.24, 2.45) is 7.05 Å². The quantitative estimate of drug-likeness (QED) is 0.658. The fourth-order valence-electron chi connectivity index (χ4n) is 0.912. The Bertz CT molecular complexity index is 383. The van der Waals surface area contributed by atoms with Crippen LogP contribution in [0.15, 0.2) is 5.03 Å². The number of nitrogens with zero attached hydrogens (tertiary/aromatic N) is 3. The van der Waals surface area contributed by atoms with E-state index in [0.717, 1.165) is 4.68 Å². The van der Waals surface area contributed by atoms with Crippen molar-refractivity contribution in [3.63, 3.8) is 0 Å². The maximum Gasteiger partial charge on any atom is 0.280 e. The van der Waals surface area contributed by atoms with Crippen LogP contribution in [0.1, 0.15) is 12.6 Å². The Labute approximate surface area is 74.8 Å². The van der Waals surface area contributed by atoms with Crippen LogP contribution in [-0.2, 0) is 22.5 Å². The zero-order valence-electron chi connectivity index (χ0n) is 6.65. The molecule has 0 radical (unpaired) electrons. The Morgan fingerprint density at radius 2 is 2.17 bits per heavy atom. The molecule has 0 N–H and O–H groups in total. The Morgan fingerprint density at radius 3 is 2.50 bits per heavy atom. The summed E-state index contributed by atoms with van der Waals surface area (Å²) in [5.74, 6) is 0. The first-order valence-electron chi connectivity index (χ1n) is 3.30. The second-order valence-corrected chi connectivity index (χ2v) is 4.74. The van der Waals surface area contributed by atoms with E-state index in [4.69, 9.17) is 10.7 Å². The molecule has 0 aliphatic rings. The molecule has 7 heteroatoms. The van der Waals surface area contributed by atoms with Crippen molar-refractivity contribution in [2.45, 2.75) is 18.4 Å². The van der Waals surface area contributed by atoms with E-state index >= 15 is 0 Å². The summed E-state index contributed by atoms with van der Waals surface area (Å²) in [4.78, 5) is 0. The third-order valence-corrected chi connectivity index (χ3v) is 2.81. The lowest BCUT2D eigenvalue weighted by atomic mass is 10.4. The highest BCUT2D eigenvalue weighted by Crippen LogP contribution is 2.16. The lowest BCUT2D eigenvalue weighted by molar-refractivity contribution is 0.586. The molecule has 0 saturated heterocycles. The van der Waals surface area contributed by atoms with Crippen LogP contribution in [0.2, 0.25) is 0 Å². The Morgan fingerprint density at radius 1 is 1.58 bits per heavy atom. The third-order valence-electron chi connectivity index (χ3n) is 1.41. The molecule has 1 heterocycles. The average Bonchev–Trinajstić information content (AvgIpc) is 2.29. The van der Waals surface area contributed by atoms with Crippen LogP contribution in [-0.4, -0.2) is 23.4 Å². The molecule has 0 atom stereocenters. The van der Waals surface area contributed by atoms with E-state index < -0.39 is 9.05 Å². The first kappa shape index (κ1) is 9.47. The topological polar surface area (TPSA) is 64.8 Å². The van der Waals surface area contributed by atoms with Crippen LogP contribution in [0.4, 0.5) is 0 Å². The molecule has 1 aromatic heterocycles. The van der Waals surface area contributed by atoms with Crippen molar-refractivity contribution in [1.29, 1.82) is 0 Å². The molecule has 0 aromatic carbocycles. The molecule has 0 bridgehead atoms. The minimum absolute atomic E-state index is 0.0216. The molecule has 0 amide bonds. The maximum absolute atomic E-state index is 11.0. The number of aryl methyl sites for hydroxylation is 2. The molecule has 68 valence electrons. The van der Waals surface area contributed by atoms with E-state index in [9.17, 15) is 8.42 Å². The van der Waals surface area contributed by atoms with Gasteiger partial charge in [-0.15, -0.1) is 5.10 Å². The van der Waals surface area contributed by atoms with Crippen molar-refractivity contribution in [1.82, 2.24) is 15.0 Å². The standard InChI is InChI=1S/C5H8ClN3O2S/c1-3-4-5(12(6,10)11)9(2)8-7-4/h3H2,1-2H3. The van der Waals surface area contributed by atoms with Gasteiger partial charge in [0.15, 0.2) is 5.03 Å². The minimum Gasteiger partial charge on any atom is -0.236 e. The van der Waals surface area contributed by atoms with Gasteiger partial charge in [0, 0.05) is 17.7 Å². The zero-order valence-corrected chi connectivity index (χ0v) is 8.22. The first-order valence-corrected chi connectivity index (χ1v) is 5.61. The lowest BCUT2D eigenvalue weighted by Crippen LogP contribution is -2.03. The van der Waals surface area contributed by atoms with Gasteiger partial charge in [0.2, 0.25) is 0 Å². The first-order chi connectivity index (χ1) is 5.46. The Balaban J connectivity index is 3.39. The third kappa shape index (κ3) is 1.59. The number of rotatable bonds is 2. The van der Waals surface area contributed by atoms with Gasteiger partial charge in [-0.05, 0) is 6.42 Å². The highest BCUT2D eigenvalue weighted by molar-refractivity contribution is 8.13. The van der Waals surface area contributed by atoms with Crippen LogP contribution in [0, 0.1) is 0 Å². The van der Waals surface area contributed by atoms with Crippen molar-refractivity contribution in [3.8, 4) is 0 Å². The largest absolute Gasteiger partial charge is 0.280 e. The minimum atomic E-state index is -3.72. The summed E-state index contributed by atoms with van der Waals surface area (Å²) in [6, 6.07) is 0. The van der Waals surface area contributed by atoms with Crippen LogP contribution in [0.5, 0.6) is 0 Å². The fraction of sp³-hybridized carbons (Fsp3) is 0.600. The van der Waals surface area contributed by atoms with Crippen molar-refractivity contribution < 1.29 is 8.42 Å². The van der Waals surface area contributed by atoms with Gasteiger partial charge in [0.05, 0.1) is 0 Å². The average molecular weight is 210 g/mol. The van der Waals surface area contributed by atoms with E-state index in [1.165, 1.54) is 7.05 Å². The summed E-state index contributed by atoms with van der Waals surface area (Å²) in [5, 5.41) is 7.19. The Kier molecular flexibility index (Phi) is 2.39. The van der Waals surface area contributed by atoms with Crippen molar-refractivity contribution >= 4 is 19.7 Å². The normalized spacial score (nSPS) is 11.9. The molecule has 0 fully saturated rings. The molecule has 1 aromatic rings. The fourth-order valence-corrected chi connectivity index (χ4v) is 2.30. The molecule has 5 nitrogen and oxygen atoms in total. The van der Waals surface area contributed by atoms with E-state index in [-0.39, 0.29) is 5.03 Å². The summed E-state index contributed by atoms with van der Waals surface area (Å²) in [7, 11) is 2.93. The second kappa shape index (κ2) is 3.02. The van der Waals surface area contributed by atoms with Crippen molar-refractivity contribution in [2.75, 3.05) is 0 Å². The predicted octanol–water partition coefficient (Wildman–Crippen LogP) is 0.305. The number of hydrogen-bond donors (Lipinski definition) is 0. The molecule has 0 spiro atoms. The summed E-state index contributed by atoms with van der Waals surface area (Å²) in [6.07, 6.45) is 0.495. The van der Waals surface area contributed by atoms with Crippen LogP contribution in [0.25, 0.3) is 0 Å². The SMILES string of the molecule is CCc1nnn(C)c1S(=O)(=O)Cl. The Hall–Kier alpha value is -0.620. The van der Waals surface area contributed by atoms with Gasteiger partial charge in [-0.25, -0.2) is 13.1 Å². The molecule has 1 rings (SSSR count). The lowest BCUT2D eigenvalue weighted by Gasteiger charge is -1.96.